The maximum absolute atomic E-state index is 11.4. The van der Waals surface area contributed by atoms with E-state index in [0.29, 0.717) is 11.6 Å². The van der Waals surface area contributed by atoms with Crippen molar-refractivity contribution in [2.45, 2.75) is 52.4 Å². The van der Waals surface area contributed by atoms with Gasteiger partial charge in [0.2, 0.25) is 5.88 Å². The molecule has 0 amide bonds. The minimum atomic E-state index is -0.223. The molecule has 6 heteroatoms. The molecule has 5 nitrogen and oxygen atoms in total. The third kappa shape index (κ3) is 5.46. The van der Waals surface area contributed by atoms with Gasteiger partial charge in [-0.3, -0.25) is 4.57 Å². The van der Waals surface area contributed by atoms with Gasteiger partial charge < -0.3 is 9.84 Å². The van der Waals surface area contributed by atoms with Crippen molar-refractivity contribution in [3.63, 3.8) is 0 Å². The first-order valence-corrected chi connectivity index (χ1v) is 13.9. The first kappa shape index (κ1) is 29.5. The van der Waals surface area contributed by atoms with Gasteiger partial charge >= 0.3 is 0 Å². The molecule has 0 radical (unpaired) electrons. The zero-order chi connectivity index (χ0) is 28.9. The topological polar surface area (TPSA) is 60.2 Å². The maximum Gasteiger partial charge on any atom is 0.219 e. The van der Waals surface area contributed by atoms with Crippen molar-refractivity contribution in [2.24, 2.45) is 0 Å². The molecule has 0 aliphatic carbocycles. The van der Waals surface area contributed by atoms with Crippen molar-refractivity contribution >= 4 is 21.9 Å². The van der Waals surface area contributed by atoms with Crippen molar-refractivity contribution in [1.29, 1.82) is 0 Å². The SMILES string of the molecule is CC(C)(C)c1cc(-c2[c-]c(Oc3ccc4c5ccccc5n(-c5ccccn5)c4n3)ccc2)c(O)c(C(C)(C)C)c1.[Pt]. The van der Waals surface area contributed by atoms with Crippen molar-refractivity contribution in [1.82, 2.24) is 14.5 Å². The van der Waals surface area contributed by atoms with Gasteiger partial charge in [0, 0.05) is 49.9 Å². The number of fused-ring (bicyclic) bond motifs is 3. The Kier molecular flexibility index (Phi) is 7.76. The van der Waals surface area contributed by atoms with E-state index in [1.807, 2.05) is 60.7 Å². The molecule has 3 heterocycles. The fraction of sp³-hybridized carbons (Fsp3) is 0.222. The Bertz CT molecular complexity index is 1900. The summed E-state index contributed by atoms with van der Waals surface area (Å²) in [6, 6.07) is 31.3. The fourth-order valence-electron chi connectivity index (χ4n) is 5.22. The molecule has 0 fully saturated rings. The molecular formula is C36H34N3O2Pt-. The van der Waals surface area contributed by atoms with Gasteiger partial charge in [0.25, 0.3) is 0 Å². The average Bonchev–Trinajstić information content (AvgIpc) is 3.26. The van der Waals surface area contributed by atoms with Gasteiger partial charge in [-0.05, 0) is 40.7 Å². The third-order valence-electron chi connectivity index (χ3n) is 7.43. The van der Waals surface area contributed by atoms with Crippen molar-refractivity contribution in [3.05, 3.63) is 108 Å². The Labute approximate surface area is 261 Å². The summed E-state index contributed by atoms with van der Waals surface area (Å²) in [6.07, 6.45) is 1.78. The first-order valence-electron chi connectivity index (χ1n) is 13.9. The van der Waals surface area contributed by atoms with Gasteiger partial charge in [-0.1, -0.05) is 95.1 Å². The molecule has 6 rings (SSSR count). The van der Waals surface area contributed by atoms with E-state index in [0.717, 1.165) is 50.0 Å². The molecule has 0 aliphatic heterocycles. The third-order valence-corrected chi connectivity index (χ3v) is 7.43. The molecule has 0 saturated carbocycles. The molecular weight excluding hydrogens is 701 g/mol. The van der Waals surface area contributed by atoms with E-state index in [4.69, 9.17) is 9.72 Å². The first-order chi connectivity index (χ1) is 19.5. The van der Waals surface area contributed by atoms with Gasteiger partial charge in [0.1, 0.15) is 5.82 Å². The summed E-state index contributed by atoms with van der Waals surface area (Å²) in [7, 11) is 0. The van der Waals surface area contributed by atoms with Crippen LogP contribution in [0.5, 0.6) is 17.4 Å². The number of benzene rings is 3. The quantitative estimate of drug-likeness (QED) is 0.184. The minimum absolute atomic E-state index is 0. The normalized spacial score (nSPS) is 12.0. The van der Waals surface area contributed by atoms with Gasteiger partial charge in [0.05, 0.1) is 11.3 Å². The summed E-state index contributed by atoms with van der Waals surface area (Å²) in [5, 5.41) is 13.5. The van der Waals surface area contributed by atoms with Crippen LogP contribution in [0.3, 0.4) is 0 Å². The van der Waals surface area contributed by atoms with Crippen LogP contribution in [0.1, 0.15) is 52.7 Å². The molecule has 0 atom stereocenters. The molecule has 0 aliphatic rings. The number of ether oxygens (including phenoxy) is 1. The standard InChI is InChI=1S/C36H34N3O2.Pt/c1-35(2,3)24-21-28(33(40)29(22-24)36(4,5)6)23-12-11-13-25(20-23)41-32-18-17-27-26-14-7-8-15-30(26)39(34(27)38-32)31-16-9-10-19-37-31;/h7-19,21-22,40H,1-6H3;/q-1;. The second kappa shape index (κ2) is 11.0. The molecule has 216 valence electrons. The smallest absolute Gasteiger partial charge is 0.219 e. The van der Waals surface area contributed by atoms with Crippen molar-refractivity contribution < 1.29 is 30.9 Å². The Morgan fingerprint density at radius 1 is 0.786 bits per heavy atom. The number of hydrogen-bond donors (Lipinski definition) is 1. The van der Waals surface area contributed by atoms with Gasteiger partial charge in [-0.2, -0.15) is 4.98 Å². The number of aromatic nitrogens is 3. The summed E-state index contributed by atoms with van der Waals surface area (Å²) in [6.45, 7) is 12.9. The van der Waals surface area contributed by atoms with Crippen LogP contribution in [0.2, 0.25) is 0 Å². The number of aromatic hydroxyl groups is 1. The van der Waals surface area contributed by atoms with Crippen LogP contribution in [-0.4, -0.2) is 19.6 Å². The second-order valence-corrected chi connectivity index (χ2v) is 12.5. The van der Waals surface area contributed by atoms with Gasteiger partial charge in [-0.25, -0.2) is 4.98 Å². The summed E-state index contributed by atoms with van der Waals surface area (Å²) in [4.78, 5) is 9.52. The molecule has 0 unspecified atom stereocenters. The number of pyridine rings is 2. The molecule has 0 saturated heterocycles. The zero-order valence-corrected chi connectivity index (χ0v) is 26.9. The van der Waals surface area contributed by atoms with E-state index < -0.39 is 0 Å². The molecule has 0 spiro atoms. The molecule has 6 aromatic rings. The number of rotatable bonds is 4. The van der Waals surface area contributed by atoms with E-state index in [9.17, 15) is 5.11 Å². The van der Waals surface area contributed by atoms with E-state index in [2.05, 4.69) is 81.4 Å². The Morgan fingerprint density at radius 3 is 2.26 bits per heavy atom. The van der Waals surface area contributed by atoms with E-state index >= 15 is 0 Å². The van der Waals surface area contributed by atoms with Crippen LogP contribution in [-0.2, 0) is 31.9 Å². The zero-order valence-electron chi connectivity index (χ0n) is 24.7. The van der Waals surface area contributed by atoms with Crippen LogP contribution in [0, 0.1) is 6.07 Å². The van der Waals surface area contributed by atoms with Crippen LogP contribution < -0.4 is 4.74 Å². The number of para-hydroxylation sites is 1. The second-order valence-electron chi connectivity index (χ2n) is 12.5. The summed E-state index contributed by atoms with van der Waals surface area (Å²) >= 11 is 0. The summed E-state index contributed by atoms with van der Waals surface area (Å²) < 4.78 is 8.35. The Morgan fingerprint density at radius 2 is 1.55 bits per heavy atom. The number of phenolic OH excluding ortho intramolecular Hbond substituents is 1. The van der Waals surface area contributed by atoms with Crippen LogP contribution in [0.4, 0.5) is 0 Å². The number of nitrogens with zero attached hydrogens (tertiary/aromatic N) is 3. The van der Waals surface area contributed by atoms with Gasteiger partial charge in [-0.15, -0.1) is 23.8 Å². The van der Waals surface area contributed by atoms with Gasteiger partial charge in [0.15, 0.2) is 5.65 Å². The summed E-state index contributed by atoms with van der Waals surface area (Å²) in [5.74, 6) is 2.04. The van der Waals surface area contributed by atoms with E-state index in [1.165, 1.54) is 0 Å². The minimum Gasteiger partial charge on any atom is -0.517 e. The predicted molar refractivity (Wildman–Crippen MR) is 166 cm³/mol. The van der Waals surface area contributed by atoms with Crippen molar-refractivity contribution in [3.8, 4) is 34.3 Å². The van der Waals surface area contributed by atoms with E-state index in [1.54, 1.807) is 6.20 Å². The number of hydrogen-bond acceptors (Lipinski definition) is 4. The Hall–Kier alpha value is -3.95. The molecule has 3 aromatic heterocycles. The largest absolute Gasteiger partial charge is 0.517 e. The molecule has 3 aromatic carbocycles. The molecule has 1 N–H and O–H groups in total. The van der Waals surface area contributed by atoms with E-state index in [-0.39, 0.29) is 37.6 Å². The number of phenols is 1. The Balaban J connectivity index is 0.00000353. The molecule has 42 heavy (non-hydrogen) atoms. The maximum atomic E-state index is 11.4. The average molecular weight is 736 g/mol. The fourth-order valence-corrected chi connectivity index (χ4v) is 5.22. The predicted octanol–water partition coefficient (Wildman–Crippen LogP) is 9.13. The monoisotopic (exact) mass is 735 g/mol. The molecule has 0 bridgehead atoms. The van der Waals surface area contributed by atoms with Crippen molar-refractivity contribution in [2.75, 3.05) is 0 Å². The van der Waals surface area contributed by atoms with Crippen LogP contribution in [0.25, 0.3) is 38.9 Å². The van der Waals surface area contributed by atoms with Crippen LogP contribution in [0.15, 0.2) is 91.1 Å². The summed E-state index contributed by atoms with van der Waals surface area (Å²) in [5.41, 5.74) is 5.07. The van der Waals surface area contributed by atoms with Crippen LogP contribution >= 0.6 is 0 Å².